The van der Waals surface area contributed by atoms with Gasteiger partial charge in [0.1, 0.15) is 0 Å². The molecule has 0 aliphatic heterocycles. The molecule has 0 fully saturated rings. The van der Waals surface area contributed by atoms with E-state index in [1.54, 1.807) is 14.1 Å². The lowest BCUT2D eigenvalue weighted by atomic mass is 10.1. The second kappa shape index (κ2) is 6.82. The molecule has 4 heteroatoms. The largest absolute Gasteiger partial charge is 0.418 e. The number of ether oxygens (including phenoxy) is 1. The van der Waals surface area contributed by atoms with E-state index >= 15 is 0 Å². The van der Waals surface area contributed by atoms with E-state index in [9.17, 15) is 9.59 Å². The number of unbranched alkanes of at least 4 members (excludes halogenated alkanes) is 1. The fraction of sp³-hybridized carbons (Fsp3) is 0.500. The van der Waals surface area contributed by atoms with Crippen LogP contribution in [0.1, 0.15) is 26.2 Å². The number of hydrogen-bond acceptors (Lipinski definition) is 3. The average molecular weight is 225 g/mol. The first-order valence-corrected chi connectivity index (χ1v) is 5.20. The molecule has 16 heavy (non-hydrogen) atoms. The van der Waals surface area contributed by atoms with Crippen molar-refractivity contribution in [3.63, 3.8) is 0 Å². The van der Waals surface area contributed by atoms with Gasteiger partial charge in [0.05, 0.1) is 0 Å². The van der Waals surface area contributed by atoms with Crippen LogP contribution in [0, 0.1) is 0 Å². The van der Waals surface area contributed by atoms with Crippen molar-refractivity contribution < 1.29 is 14.3 Å². The lowest BCUT2D eigenvalue weighted by Gasteiger charge is -2.12. The van der Waals surface area contributed by atoms with Crippen LogP contribution in [0.2, 0.25) is 0 Å². The molecule has 0 rings (SSSR count). The standard InChI is InChI=1S/C12H19NO3/c1-6-7-8-9(2)12(15)16-10(3)11(14)13(4)5/h2-3,6-8H2,1,4-5H3. The predicted molar refractivity (Wildman–Crippen MR) is 62.6 cm³/mol. The Morgan fingerprint density at radius 2 is 1.81 bits per heavy atom. The SMILES string of the molecule is C=C(CCCC)C(=O)OC(=C)C(=O)N(C)C. The van der Waals surface area contributed by atoms with Crippen LogP contribution in [0.25, 0.3) is 0 Å². The van der Waals surface area contributed by atoms with Crippen LogP contribution in [0.3, 0.4) is 0 Å². The first kappa shape index (κ1) is 14.4. The Morgan fingerprint density at radius 1 is 1.25 bits per heavy atom. The summed E-state index contributed by atoms with van der Waals surface area (Å²) in [5.74, 6) is -1.17. The van der Waals surface area contributed by atoms with Crippen molar-refractivity contribution in [3.05, 3.63) is 24.5 Å². The highest BCUT2D eigenvalue weighted by atomic mass is 16.5. The highest BCUT2D eigenvalue weighted by Crippen LogP contribution is 2.09. The topological polar surface area (TPSA) is 46.6 Å². The molecule has 0 spiro atoms. The van der Waals surface area contributed by atoms with E-state index in [1.165, 1.54) is 4.90 Å². The van der Waals surface area contributed by atoms with Gasteiger partial charge >= 0.3 is 5.97 Å². The van der Waals surface area contributed by atoms with Gasteiger partial charge in [0.25, 0.3) is 5.91 Å². The number of esters is 1. The van der Waals surface area contributed by atoms with Gasteiger partial charge in [-0.1, -0.05) is 26.5 Å². The Balaban J connectivity index is 4.19. The maximum Gasteiger partial charge on any atom is 0.338 e. The Bertz CT molecular complexity index is 305. The number of carbonyl (C=O) groups excluding carboxylic acids is 2. The van der Waals surface area contributed by atoms with E-state index in [0.29, 0.717) is 12.0 Å². The minimum atomic E-state index is -0.575. The maximum atomic E-state index is 11.4. The molecule has 0 aliphatic rings. The molecule has 0 radical (unpaired) electrons. The Kier molecular flexibility index (Phi) is 6.15. The number of rotatable bonds is 6. The molecule has 0 saturated carbocycles. The second-order valence-electron chi connectivity index (χ2n) is 3.72. The van der Waals surface area contributed by atoms with Crippen LogP contribution in [-0.2, 0) is 14.3 Å². The minimum absolute atomic E-state index is 0.173. The van der Waals surface area contributed by atoms with Gasteiger partial charge in [0.2, 0.25) is 0 Å². The average Bonchev–Trinajstić information content (AvgIpc) is 2.24. The van der Waals surface area contributed by atoms with Crippen LogP contribution < -0.4 is 0 Å². The van der Waals surface area contributed by atoms with Crippen molar-refractivity contribution in [1.82, 2.24) is 4.90 Å². The van der Waals surface area contributed by atoms with Crippen molar-refractivity contribution in [2.75, 3.05) is 14.1 Å². The quantitative estimate of drug-likeness (QED) is 0.394. The third-order valence-electron chi connectivity index (χ3n) is 1.98. The second-order valence-corrected chi connectivity index (χ2v) is 3.72. The highest BCUT2D eigenvalue weighted by Gasteiger charge is 2.16. The van der Waals surface area contributed by atoms with Crippen molar-refractivity contribution in [2.24, 2.45) is 0 Å². The normalized spacial score (nSPS) is 9.44. The van der Waals surface area contributed by atoms with Gasteiger partial charge in [0.15, 0.2) is 5.76 Å². The van der Waals surface area contributed by atoms with E-state index in [4.69, 9.17) is 4.74 Å². The molecule has 0 N–H and O–H groups in total. The number of nitrogens with zero attached hydrogens (tertiary/aromatic N) is 1. The predicted octanol–water partition coefficient (Wildman–Crippen LogP) is 1.88. The van der Waals surface area contributed by atoms with Gasteiger partial charge < -0.3 is 9.64 Å². The first-order chi connectivity index (χ1) is 7.40. The van der Waals surface area contributed by atoms with Gasteiger partial charge in [0, 0.05) is 19.7 Å². The zero-order valence-electron chi connectivity index (χ0n) is 10.2. The molecule has 0 heterocycles. The van der Waals surface area contributed by atoms with Crippen LogP contribution in [0.5, 0.6) is 0 Å². The van der Waals surface area contributed by atoms with E-state index in [1.807, 2.05) is 6.92 Å². The summed E-state index contributed by atoms with van der Waals surface area (Å²) in [6, 6.07) is 0. The van der Waals surface area contributed by atoms with Gasteiger partial charge in [-0.3, -0.25) is 4.79 Å². The smallest absolute Gasteiger partial charge is 0.338 e. The first-order valence-electron chi connectivity index (χ1n) is 5.20. The van der Waals surface area contributed by atoms with Gasteiger partial charge in [-0.15, -0.1) is 0 Å². The molecular formula is C12H19NO3. The summed E-state index contributed by atoms with van der Waals surface area (Å²) < 4.78 is 4.81. The van der Waals surface area contributed by atoms with Crippen molar-refractivity contribution in [1.29, 1.82) is 0 Å². The monoisotopic (exact) mass is 225 g/mol. The number of likely N-dealkylation sites (N-methyl/N-ethyl adjacent to an activating group) is 1. The molecule has 0 aromatic rings. The summed E-state index contributed by atoms with van der Waals surface area (Å²) in [5.41, 5.74) is 0.370. The Labute approximate surface area is 96.6 Å². The van der Waals surface area contributed by atoms with Crippen LogP contribution >= 0.6 is 0 Å². The third kappa shape index (κ3) is 4.77. The van der Waals surface area contributed by atoms with Gasteiger partial charge in [-0.05, 0) is 12.8 Å². The number of hydrogen-bond donors (Lipinski definition) is 0. The zero-order chi connectivity index (χ0) is 12.7. The molecule has 90 valence electrons. The van der Waals surface area contributed by atoms with Gasteiger partial charge in [-0.2, -0.15) is 0 Å². The molecule has 4 nitrogen and oxygen atoms in total. The fourth-order valence-electron chi connectivity index (χ4n) is 0.969. The van der Waals surface area contributed by atoms with Crippen molar-refractivity contribution >= 4 is 11.9 Å². The van der Waals surface area contributed by atoms with E-state index in [-0.39, 0.29) is 5.76 Å². The summed E-state index contributed by atoms with van der Waals surface area (Å²) in [6.45, 7) is 9.03. The Morgan fingerprint density at radius 3 is 2.25 bits per heavy atom. The van der Waals surface area contributed by atoms with E-state index in [2.05, 4.69) is 13.2 Å². The van der Waals surface area contributed by atoms with Crippen LogP contribution in [0.15, 0.2) is 24.5 Å². The third-order valence-corrected chi connectivity index (χ3v) is 1.98. The summed E-state index contributed by atoms with van der Waals surface area (Å²) in [5, 5.41) is 0. The molecule has 0 atom stereocenters. The minimum Gasteiger partial charge on any atom is -0.418 e. The summed E-state index contributed by atoms with van der Waals surface area (Å²) in [6.07, 6.45) is 2.44. The molecule has 0 aromatic carbocycles. The summed E-state index contributed by atoms with van der Waals surface area (Å²) >= 11 is 0. The molecule has 1 amide bonds. The molecule has 0 bridgehead atoms. The Hall–Kier alpha value is -1.58. The summed E-state index contributed by atoms with van der Waals surface area (Å²) in [7, 11) is 3.13. The summed E-state index contributed by atoms with van der Waals surface area (Å²) in [4.78, 5) is 24.1. The van der Waals surface area contributed by atoms with Crippen LogP contribution in [-0.4, -0.2) is 30.9 Å². The van der Waals surface area contributed by atoms with Crippen molar-refractivity contribution in [3.8, 4) is 0 Å². The molecule has 0 aromatic heterocycles. The molecular weight excluding hydrogens is 206 g/mol. The maximum absolute atomic E-state index is 11.4. The van der Waals surface area contributed by atoms with Gasteiger partial charge in [-0.25, -0.2) is 4.79 Å². The lowest BCUT2D eigenvalue weighted by molar-refractivity contribution is -0.141. The lowest BCUT2D eigenvalue weighted by Crippen LogP contribution is -2.25. The molecule has 0 saturated heterocycles. The van der Waals surface area contributed by atoms with Crippen molar-refractivity contribution in [2.45, 2.75) is 26.2 Å². The highest BCUT2D eigenvalue weighted by molar-refractivity contribution is 5.96. The zero-order valence-corrected chi connectivity index (χ0v) is 10.2. The van der Waals surface area contributed by atoms with E-state index < -0.39 is 11.9 Å². The number of amides is 1. The number of carbonyl (C=O) groups is 2. The molecule has 0 aliphatic carbocycles. The van der Waals surface area contributed by atoms with Crippen LogP contribution in [0.4, 0.5) is 0 Å². The van der Waals surface area contributed by atoms with E-state index in [0.717, 1.165) is 12.8 Å². The molecule has 0 unspecified atom stereocenters. The fourth-order valence-corrected chi connectivity index (χ4v) is 0.969.